The van der Waals surface area contributed by atoms with Crippen LogP contribution in [0.25, 0.3) is 0 Å². The largest absolute Gasteiger partial charge is 0.451 e. The van der Waals surface area contributed by atoms with Gasteiger partial charge in [0.25, 0.3) is 0 Å². The highest BCUT2D eigenvalue weighted by Gasteiger charge is 2.38. The third-order valence-electron chi connectivity index (χ3n) is 3.40. The lowest BCUT2D eigenvalue weighted by Crippen LogP contribution is -2.34. The number of ether oxygens (including phenoxy) is 1. The molecule has 1 atom stereocenters. The maximum Gasteiger partial charge on any atom is 0.333 e. The van der Waals surface area contributed by atoms with Crippen molar-refractivity contribution in [3.8, 4) is 0 Å². The Hall–Kier alpha value is -1.64. The number of benzene rings is 1. The number of carbonyl (C=O) groups is 1. The van der Waals surface area contributed by atoms with Crippen molar-refractivity contribution in [2.75, 3.05) is 0 Å². The summed E-state index contributed by atoms with van der Waals surface area (Å²) in [6.07, 6.45) is 2.35. The van der Waals surface area contributed by atoms with Crippen LogP contribution in [0.4, 0.5) is 4.39 Å². The summed E-state index contributed by atoms with van der Waals surface area (Å²) in [5.41, 5.74) is 0.901. The minimum atomic E-state index is -0.880. The van der Waals surface area contributed by atoms with E-state index in [9.17, 15) is 9.18 Å². The number of halogens is 1. The fourth-order valence-electron chi connectivity index (χ4n) is 2.50. The summed E-state index contributed by atoms with van der Waals surface area (Å²) in [4.78, 5) is 11.7. The molecule has 2 nitrogen and oxygen atoms in total. The molecular formula is C15H17FO2. The van der Waals surface area contributed by atoms with E-state index in [1.807, 2.05) is 6.07 Å². The molecule has 0 fully saturated rings. The predicted octanol–water partition coefficient (Wildman–Crippen LogP) is 3.50. The zero-order valence-electron chi connectivity index (χ0n) is 10.8. The van der Waals surface area contributed by atoms with Crippen LogP contribution in [0.5, 0.6) is 0 Å². The summed E-state index contributed by atoms with van der Waals surface area (Å²) in [5, 5.41) is 0. The SMILES string of the molecule is C=C(C)C(=O)OC1(C)CCCc2cccc(F)c21. The van der Waals surface area contributed by atoms with Crippen molar-refractivity contribution < 1.29 is 13.9 Å². The molecular weight excluding hydrogens is 231 g/mol. The molecule has 0 radical (unpaired) electrons. The highest BCUT2D eigenvalue weighted by atomic mass is 19.1. The van der Waals surface area contributed by atoms with Crippen molar-refractivity contribution in [2.24, 2.45) is 0 Å². The van der Waals surface area contributed by atoms with Gasteiger partial charge in [0.1, 0.15) is 11.4 Å². The maximum absolute atomic E-state index is 14.0. The van der Waals surface area contributed by atoms with Crippen molar-refractivity contribution in [2.45, 2.75) is 38.7 Å². The Labute approximate surface area is 106 Å². The lowest BCUT2D eigenvalue weighted by molar-refractivity contribution is -0.156. The Morgan fingerprint density at radius 1 is 1.50 bits per heavy atom. The van der Waals surface area contributed by atoms with Crippen LogP contribution in [0, 0.1) is 5.82 Å². The van der Waals surface area contributed by atoms with Gasteiger partial charge in [0.15, 0.2) is 0 Å². The molecule has 0 aromatic heterocycles. The standard InChI is InChI=1S/C15H17FO2/c1-10(2)14(17)18-15(3)9-5-7-11-6-4-8-12(16)13(11)15/h4,6,8H,1,5,7,9H2,2-3H3. The minimum Gasteiger partial charge on any atom is -0.451 e. The highest BCUT2D eigenvalue weighted by Crippen LogP contribution is 2.40. The molecule has 0 N–H and O–H groups in total. The predicted molar refractivity (Wildman–Crippen MR) is 67.6 cm³/mol. The van der Waals surface area contributed by atoms with E-state index in [4.69, 9.17) is 4.74 Å². The molecule has 0 aliphatic heterocycles. The summed E-state index contributed by atoms with van der Waals surface area (Å²) in [6, 6.07) is 5.00. The van der Waals surface area contributed by atoms with Gasteiger partial charge >= 0.3 is 5.97 Å². The average Bonchev–Trinajstić information content (AvgIpc) is 2.28. The molecule has 1 aliphatic rings. The van der Waals surface area contributed by atoms with E-state index in [-0.39, 0.29) is 5.82 Å². The quantitative estimate of drug-likeness (QED) is 0.591. The van der Waals surface area contributed by atoms with Crippen LogP contribution >= 0.6 is 0 Å². The normalized spacial score (nSPS) is 22.2. The summed E-state index contributed by atoms with van der Waals surface area (Å²) >= 11 is 0. The van der Waals surface area contributed by atoms with Crippen molar-refractivity contribution in [3.63, 3.8) is 0 Å². The van der Waals surface area contributed by atoms with Crippen LogP contribution in [-0.2, 0) is 21.6 Å². The Kier molecular flexibility index (Phi) is 3.24. The van der Waals surface area contributed by atoms with Crippen molar-refractivity contribution in [3.05, 3.63) is 47.3 Å². The van der Waals surface area contributed by atoms with Gasteiger partial charge in [0.05, 0.1) is 0 Å². The first-order chi connectivity index (χ1) is 8.44. The summed E-state index contributed by atoms with van der Waals surface area (Å²) < 4.78 is 19.5. The molecule has 18 heavy (non-hydrogen) atoms. The summed E-state index contributed by atoms with van der Waals surface area (Å²) in [7, 11) is 0. The molecule has 0 bridgehead atoms. The molecule has 96 valence electrons. The molecule has 0 spiro atoms. The van der Waals surface area contributed by atoms with Gasteiger partial charge in [-0.3, -0.25) is 0 Å². The lowest BCUT2D eigenvalue weighted by Gasteiger charge is -2.35. The Morgan fingerprint density at radius 3 is 2.89 bits per heavy atom. The van der Waals surface area contributed by atoms with Crippen LogP contribution in [0.3, 0.4) is 0 Å². The first-order valence-corrected chi connectivity index (χ1v) is 6.11. The van der Waals surface area contributed by atoms with Crippen molar-refractivity contribution >= 4 is 5.97 Å². The summed E-state index contributed by atoms with van der Waals surface area (Å²) in [6.45, 7) is 6.93. The number of fused-ring (bicyclic) bond motifs is 1. The molecule has 1 aliphatic carbocycles. The molecule has 3 heteroatoms. The van der Waals surface area contributed by atoms with E-state index in [1.54, 1.807) is 19.9 Å². The molecule has 0 amide bonds. The Morgan fingerprint density at radius 2 is 2.22 bits per heavy atom. The number of hydrogen-bond acceptors (Lipinski definition) is 2. The average molecular weight is 248 g/mol. The van der Waals surface area contributed by atoms with Gasteiger partial charge in [-0.1, -0.05) is 18.7 Å². The van der Waals surface area contributed by atoms with Gasteiger partial charge in [-0.2, -0.15) is 0 Å². The second-order valence-electron chi connectivity index (χ2n) is 5.03. The second-order valence-corrected chi connectivity index (χ2v) is 5.03. The van der Waals surface area contributed by atoms with Crippen molar-refractivity contribution in [1.82, 2.24) is 0 Å². The zero-order valence-corrected chi connectivity index (χ0v) is 10.8. The van der Waals surface area contributed by atoms with Gasteiger partial charge in [-0.15, -0.1) is 0 Å². The third-order valence-corrected chi connectivity index (χ3v) is 3.40. The van der Waals surface area contributed by atoms with Gasteiger partial charge in [-0.25, -0.2) is 9.18 Å². The topological polar surface area (TPSA) is 26.3 Å². The second kappa shape index (κ2) is 4.56. The minimum absolute atomic E-state index is 0.302. The first kappa shape index (κ1) is 12.8. The summed E-state index contributed by atoms with van der Waals surface area (Å²) in [5.74, 6) is -0.766. The van der Waals surface area contributed by atoms with Crippen LogP contribution in [0.2, 0.25) is 0 Å². The van der Waals surface area contributed by atoms with Crippen LogP contribution in [-0.4, -0.2) is 5.97 Å². The molecule has 1 aromatic carbocycles. The van der Waals surface area contributed by atoms with Gasteiger partial charge in [0, 0.05) is 11.1 Å². The number of rotatable bonds is 2. The highest BCUT2D eigenvalue weighted by molar-refractivity contribution is 5.87. The van der Waals surface area contributed by atoms with Gasteiger partial charge in [-0.05, 0) is 44.7 Å². The van der Waals surface area contributed by atoms with E-state index in [0.717, 1.165) is 18.4 Å². The van der Waals surface area contributed by atoms with Crippen LogP contribution < -0.4 is 0 Å². The van der Waals surface area contributed by atoms with Crippen LogP contribution in [0.1, 0.15) is 37.8 Å². The lowest BCUT2D eigenvalue weighted by atomic mass is 9.80. The Balaban J connectivity index is 2.42. The number of aryl methyl sites for hydroxylation is 1. The van der Waals surface area contributed by atoms with E-state index in [2.05, 4.69) is 6.58 Å². The fourth-order valence-corrected chi connectivity index (χ4v) is 2.50. The number of esters is 1. The molecule has 2 rings (SSSR count). The van der Waals surface area contributed by atoms with E-state index < -0.39 is 11.6 Å². The van der Waals surface area contributed by atoms with E-state index in [0.29, 0.717) is 17.6 Å². The smallest absolute Gasteiger partial charge is 0.333 e. The van der Waals surface area contributed by atoms with Gasteiger partial charge < -0.3 is 4.74 Å². The molecule has 0 saturated heterocycles. The van der Waals surface area contributed by atoms with E-state index in [1.165, 1.54) is 6.07 Å². The number of hydrogen-bond donors (Lipinski definition) is 0. The molecule has 0 saturated carbocycles. The zero-order chi connectivity index (χ0) is 13.3. The fraction of sp³-hybridized carbons (Fsp3) is 0.400. The molecule has 0 heterocycles. The van der Waals surface area contributed by atoms with Crippen molar-refractivity contribution in [1.29, 1.82) is 0 Å². The number of carbonyl (C=O) groups excluding carboxylic acids is 1. The maximum atomic E-state index is 14.0. The van der Waals surface area contributed by atoms with Gasteiger partial charge in [0.2, 0.25) is 0 Å². The van der Waals surface area contributed by atoms with E-state index >= 15 is 0 Å². The monoisotopic (exact) mass is 248 g/mol. The Bertz CT molecular complexity index is 507. The van der Waals surface area contributed by atoms with Crippen LogP contribution in [0.15, 0.2) is 30.4 Å². The first-order valence-electron chi connectivity index (χ1n) is 6.11. The molecule has 1 unspecified atom stereocenters. The third kappa shape index (κ3) is 2.17. The molecule has 1 aromatic rings.